The lowest BCUT2D eigenvalue weighted by Gasteiger charge is -2.37. The maximum absolute atomic E-state index is 13.6. The molecule has 0 aliphatic carbocycles. The van der Waals surface area contributed by atoms with Gasteiger partial charge in [0.25, 0.3) is 11.8 Å². The van der Waals surface area contributed by atoms with Crippen LogP contribution >= 0.6 is 11.6 Å². The predicted octanol–water partition coefficient (Wildman–Crippen LogP) is 5.00. The summed E-state index contributed by atoms with van der Waals surface area (Å²) in [6.45, 7) is 8.40. The molecule has 4 rings (SSSR count). The highest BCUT2D eigenvalue weighted by molar-refractivity contribution is 6.45. The second-order valence-corrected chi connectivity index (χ2v) is 8.89. The van der Waals surface area contributed by atoms with Gasteiger partial charge in [-0.3, -0.25) is 9.59 Å². The highest BCUT2D eigenvalue weighted by Gasteiger charge is 2.43. The zero-order chi connectivity index (χ0) is 22.1. The number of hydrogen-bond donors (Lipinski definition) is 0. The monoisotopic (exact) mass is 438 g/mol. The molecular formula is C25H27ClN2O3. The molecule has 0 saturated carbocycles. The molecule has 2 unspecified atom stereocenters. The van der Waals surface area contributed by atoms with Crippen LogP contribution in [0.15, 0.2) is 54.2 Å². The van der Waals surface area contributed by atoms with E-state index in [1.165, 1.54) is 4.90 Å². The van der Waals surface area contributed by atoms with E-state index in [-0.39, 0.29) is 11.8 Å². The minimum Gasteiger partial charge on any atom is -0.494 e. The van der Waals surface area contributed by atoms with Crippen LogP contribution in [0.4, 0.5) is 5.69 Å². The minimum absolute atomic E-state index is 0.280. The van der Waals surface area contributed by atoms with Crippen LogP contribution < -0.4 is 9.64 Å². The van der Waals surface area contributed by atoms with Gasteiger partial charge in [0.15, 0.2) is 0 Å². The van der Waals surface area contributed by atoms with Gasteiger partial charge < -0.3 is 9.64 Å². The molecule has 0 bridgehead atoms. The van der Waals surface area contributed by atoms with Crippen molar-refractivity contribution >= 4 is 34.7 Å². The van der Waals surface area contributed by atoms with E-state index >= 15 is 0 Å². The van der Waals surface area contributed by atoms with Gasteiger partial charge in [0.1, 0.15) is 11.4 Å². The molecule has 1 saturated heterocycles. The maximum atomic E-state index is 13.6. The Morgan fingerprint density at radius 2 is 1.55 bits per heavy atom. The molecule has 2 amide bonds. The Morgan fingerprint density at radius 1 is 0.935 bits per heavy atom. The minimum atomic E-state index is -0.308. The molecule has 5 nitrogen and oxygen atoms in total. The van der Waals surface area contributed by atoms with Crippen molar-refractivity contribution in [2.24, 2.45) is 11.8 Å². The molecule has 162 valence electrons. The number of hydrogen-bond acceptors (Lipinski definition) is 4. The second kappa shape index (κ2) is 8.75. The lowest BCUT2D eigenvalue weighted by Crippen LogP contribution is -2.42. The Kier molecular flexibility index (Phi) is 6.05. The Labute approximate surface area is 188 Å². The van der Waals surface area contributed by atoms with E-state index in [0.717, 1.165) is 30.8 Å². The number of ether oxygens (including phenoxy) is 1. The fraction of sp³-hybridized carbons (Fsp3) is 0.360. The zero-order valence-electron chi connectivity index (χ0n) is 18.1. The van der Waals surface area contributed by atoms with Crippen LogP contribution in [0.2, 0.25) is 5.02 Å². The number of imide groups is 1. The van der Waals surface area contributed by atoms with Gasteiger partial charge in [-0.05, 0) is 67.1 Å². The van der Waals surface area contributed by atoms with Crippen LogP contribution in [0, 0.1) is 11.8 Å². The summed E-state index contributed by atoms with van der Waals surface area (Å²) in [5.74, 6) is 1.05. The van der Waals surface area contributed by atoms with E-state index in [1.54, 1.807) is 24.3 Å². The standard InChI is InChI=1S/C25H27ClN2O3/c1-4-31-21-11-5-18(6-12-21)22-23(27-14-16(2)13-17(3)15-27)25(30)28(24(22)29)20-9-7-19(26)8-10-20/h5-12,16-17H,4,13-15H2,1-3H3. The van der Waals surface area contributed by atoms with E-state index < -0.39 is 0 Å². The molecule has 1 fully saturated rings. The second-order valence-electron chi connectivity index (χ2n) is 8.45. The predicted molar refractivity (Wildman–Crippen MR) is 123 cm³/mol. The summed E-state index contributed by atoms with van der Waals surface area (Å²) in [6.07, 6.45) is 1.12. The van der Waals surface area contributed by atoms with E-state index in [4.69, 9.17) is 16.3 Å². The van der Waals surface area contributed by atoms with Crippen molar-refractivity contribution in [2.45, 2.75) is 27.2 Å². The molecule has 2 aliphatic heterocycles. The van der Waals surface area contributed by atoms with Crippen molar-refractivity contribution in [2.75, 3.05) is 24.6 Å². The molecule has 2 atom stereocenters. The van der Waals surface area contributed by atoms with E-state index in [2.05, 4.69) is 18.7 Å². The van der Waals surface area contributed by atoms with Crippen molar-refractivity contribution in [3.8, 4) is 5.75 Å². The Hall–Kier alpha value is -2.79. The number of piperidine rings is 1. The first kappa shape index (κ1) is 21.4. The summed E-state index contributed by atoms with van der Waals surface area (Å²) in [7, 11) is 0. The molecule has 31 heavy (non-hydrogen) atoms. The third kappa shape index (κ3) is 4.19. The number of nitrogens with zero attached hydrogens (tertiary/aromatic N) is 2. The lowest BCUT2D eigenvalue weighted by molar-refractivity contribution is -0.120. The van der Waals surface area contributed by atoms with Gasteiger partial charge in [-0.1, -0.05) is 37.6 Å². The molecule has 0 spiro atoms. The number of carbonyl (C=O) groups is 2. The highest BCUT2D eigenvalue weighted by atomic mass is 35.5. The third-order valence-corrected chi connectivity index (χ3v) is 6.04. The fourth-order valence-electron chi connectivity index (χ4n) is 4.63. The smallest absolute Gasteiger partial charge is 0.282 e. The highest BCUT2D eigenvalue weighted by Crippen LogP contribution is 2.37. The largest absolute Gasteiger partial charge is 0.494 e. The maximum Gasteiger partial charge on any atom is 0.282 e. The van der Waals surface area contributed by atoms with Crippen LogP contribution in [-0.2, 0) is 9.59 Å². The van der Waals surface area contributed by atoms with E-state index in [0.29, 0.717) is 40.4 Å². The average molecular weight is 439 g/mol. The molecule has 0 aromatic heterocycles. The average Bonchev–Trinajstić information content (AvgIpc) is 2.99. The number of benzene rings is 2. The Bertz CT molecular complexity index is 1000. The summed E-state index contributed by atoms with van der Waals surface area (Å²) in [5, 5.41) is 0.557. The lowest BCUT2D eigenvalue weighted by atomic mass is 9.91. The van der Waals surface area contributed by atoms with Crippen molar-refractivity contribution in [1.29, 1.82) is 0 Å². The first-order valence-corrected chi connectivity index (χ1v) is 11.1. The van der Waals surface area contributed by atoms with Crippen molar-refractivity contribution in [3.63, 3.8) is 0 Å². The van der Waals surface area contributed by atoms with Crippen molar-refractivity contribution < 1.29 is 14.3 Å². The van der Waals surface area contributed by atoms with Gasteiger partial charge in [0.2, 0.25) is 0 Å². The van der Waals surface area contributed by atoms with E-state index in [1.807, 2.05) is 31.2 Å². The van der Waals surface area contributed by atoms with Gasteiger partial charge in [-0.2, -0.15) is 0 Å². The van der Waals surface area contributed by atoms with E-state index in [9.17, 15) is 9.59 Å². The number of amides is 2. The summed E-state index contributed by atoms with van der Waals surface area (Å²) in [4.78, 5) is 30.6. The van der Waals surface area contributed by atoms with Crippen LogP contribution in [0.5, 0.6) is 5.75 Å². The molecular weight excluding hydrogens is 412 g/mol. The van der Waals surface area contributed by atoms with Crippen molar-refractivity contribution in [1.82, 2.24) is 4.90 Å². The van der Waals surface area contributed by atoms with Gasteiger partial charge in [-0.25, -0.2) is 4.90 Å². The van der Waals surface area contributed by atoms with Gasteiger partial charge in [0.05, 0.1) is 17.9 Å². The Morgan fingerprint density at radius 3 is 2.13 bits per heavy atom. The van der Waals surface area contributed by atoms with Crippen LogP contribution in [0.25, 0.3) is 5.57 Å². The fourth-order valence-corrected chi connectivity index (χ4v) is 4.75. The summed E-state index contributed by atoms with van der Waals surface area (Å²) >= 11 is 6.02. The molecule has 2 aromatic carbocycles. The molecule has 0 N–H and O–H groups in total. The molecule has 2 aliphatic rings. The van der Waals surface area contributed by atoms with Gasteiger partial charge in [-0.15, -0.1) is 0 Å². The van der Waals surface area contributed by atoms with Gasteiger partial charge in [0, 0.05) is 18.1 Å². The van der Waals surface area contributed by atoms with Crippen LogP contribution in [-0.4, -0.2) is 36.4 Å². The van der Waals surface area contributed by atoms with Gasteiger partial charge >= 0.3 is 0 Å². The van der Waals surface area contributed by atoms with Crippen molar-refractivity contribution in [3.05, 3.63) is 64.8 Å². The summed E-state index contributed by atoms with van der Waals surface area (Å²) < 4.78 is 5.54. The van der Waals surface area contributed by atoms with Crippen LogP contribution in [0.1, 0.15) is 32.8 Å². The SMILES string of the molecule is CCOc1ccc(C2=C(N3CC(C)CC(C)C3)C(=O)N(c3ccc(Cl)cc3)C2=O)cc1. The molecule has 2 aromatic rings. The quantitative estimate of drug-likeness (QED) is 0.616. The number of rotatable bonds is 5. The summed E-state index contributed by atoms with van der Waals surface area (Å²) in [5.41, 5.74) is 2.18. The Balaban J connectivity index is 1.79. The molecule has 2 heterocycles. The number of likely N-dealkylation sites (tertiary alicyclic amines) is 1. The number of carbonyl (C=O) groups excluding carboxylic acids is 2. The summed E-state index contributed by atoms with van der Waals surface area (Å²) in [6, 6.07) is 14.2. The number of halogens is 1. The topological polar surface area (TPSA) is 49.9 Å². The first-order valence-electron chi connectivity index (χ1n) is 10.8. The molecule has 0 radical (unpaired) electrons. The zero-order valence-corrected chi connectivity index (χ0v) is 18.9. The first-order chi connectivity index (χ1) is 14.9. The third-order valence-electron chi connectivity index (χ3n) is 5.78. The molecule has 6 heteroatoms. The van der Waals surface area contributed by atoms with Crippen LogP contribution in [0.3, 0.4) is 0 Å². The normalized spacial score (nSPS) is 21.8. The number of anilines is 1.